The molecule has 1 aliphatic carbocycles. The van der Waals surface area contributed by atoms with E-state index in [1.165, 1.54) is 21.2 Å². The third-order valence-corrected chi connectivity index (χ3v) is 7.02. The van der Waals surface area contributed by atoms with E-state index < -0.39 is 0 Å². The number of Topliss-reactive ketones (excluding diaryl/α,β-unsaturated/α-hetero) is 1. The van der Waals surface area contributed by atoms with Crippen LogP contribution in [0, 0.1) is 6.92 Å². The van der Waals surface area contributed by atoms with Gasteiger partial charge in [-0.25, -0.2) is 0 Å². The normalized spacial score (nSPS) is 14.6. The van der Waals surface area contributed by atoms with Gasteiger partial charge in [0.05, 0.1) is 16.9 Å². The summed E-state index contributed by atoms with van der Waals surface area (Å²) >= 11 is 1.79. The number of hydrogen-bond acceptors (Lipinski definition) is 5. The van der Waals surface area contributed by atoms with E-state index in [1.807, 2.05) is 0 Å². The van der Waals surface area contributed by atoms with Crippen LogP contribution in [0.1, 0.15) is 51.5 Å². The molecule has 0 saturated heterocycles. The van der Waals surface area contributed by atoms with Crippen molar-refractivity contribution in [3.8, 4) is 0 Å². The predicted octanol–water partition coefficient (Wildman–Crippen LogP) is 5.53. The van der Waals surface area contributed by atoms with Gasteiger partial charge in [-0.3, -0.25) is 9.59 Å². The van der Waals surface area contributed by atoms with Crippen molar-refractivity contribution in [1.29, 1.82) is 0 Å². The highest BCUT2D eigenvalue weighted by atomic mass is 32.2. The predicted molar refractivity (Wildman–Crippen MR) is 122 cm³/mol. The number of ketones is 1. The van der Waals surface area contributed by atoms with Gasteiger partial charge < -0.3 is 14.6 Å². The van der Waals surface area contributed by atoms with Crippen LogP contribution in [0.3, 0.4) is 0 Å². The fourth-order valence-corrected chi connectivity index (χ4v) is 5.50. The molecule has 1 N–H and O–H groups in total. The fourth-order valence-electron chi connectivity index (χ4n) is 4.41. The molecule has 0 bridgehead atoms. The molecule has 0 fully saturated rings. The van der Waals surface area contributed by atoms with E-state index >= 15 is 0 Å². The number of aryl methyl sites for hydroxylation is 1. The minimum Gasteiger partial charge on any atom is -0.455 e. The number of carbonyl (C=O) groups excluding carboxylic acids is 2. The number of fused-ring (bicyclic) bond motifs is 3. The molecule has 158 valence electrons. The maximum Gasteiger partial charge on any atom is 0.287 e. The molecule has 0 unspecified atom stereocenters. The lowest BCUT2D eigenvalue weighted by atomic mass is 9.94. The number of amides is 1. The Hall–Kier alpha value is -2.99. The third kappa shape index (κ3) is 3.65. The van der Waals surface area contributed by atoms with Gasteiger partial charge in [-0.1, -0.05) is 36.0 Å². The second kappa shape index (κ2) is 8.27. The fraction of sp³-hybridized carbons (Fsp3) is 0.280. The molecule has 0 saturated carbocycles. The Bertz CT molecular complexity index is 1120. The first kappa shape index (κ1) is 19.9. The molecule has 5 rings (SSSR count). The van der Waals surface area contributed by atoms with E-state index in [9.17, 15) is 9.59 Å². The summed E-state index contributed by atoms with van der Waals surface area (Å²) in [5.41, 5.74) is 3.69. The van der Waals surface area contributed by atoms with Gasteiger partial charge in [0, 0.05) is 41.3 Å². The van der Waals surface area contributed by atoms with Crippen LogP contribution < -0.4 is 10.2 Å². The number of carbonyl (C=O) groups is 2. The van der Waals surface area contributed by atoms with Crippen molar-refractivity contribution >= 4 is 34.8 Å². The minimum absolute atomic E-state index is 0.0850. The monoisotopic (exact) mass is 432 g/mol. The van der Waals surface area contributed by atoms with Crippen LogP contribution in [-0.4, -0.2) is 24.8 Å². The number of nitrogens with one attached hydrogen (secondary N) is 1. The summed E-state index contributed by atoms with van der Waals surface area (Å²) in [5.74, 6) is 0.791. The lowest BCUT2D eigenvalue weighted by Crippen LogP contribution is -2.29. The maximum atomic E-state index is 12.7. The molecule has 31 heavy (non-hydrogen) atoms. The number of furan rings is 1. The number of hydrogen-bond donors (Lipinski definition) is 1. The average Bonchev–Trinajstić information content (AvgIpc) is 3.13. The summed E-state index contributed by atoms with van der Waals surface area (Å²) in [7, 11) is 0. The van der Waals surface area contributed by atoms with Gasteiger partial charge in [0.15, 0.2) is 11.5 Å². The van der Waals surface area contributed by atoms with Crippen LogP contribution in [0.15, 0.2) is 62.7 Å². The van der Waals surface area contributed by atoms with Crippen molar-refractivity contribution in [3.05, 3.63) is 71.2 Å². The first-order valence-corrected chi connectivity index (χ1v) is 11.5. The standard InChI is InChI=1S/C25H24N2O3S/c1-16-23-19(28)10-6-11-20(23)30-24(16)25(29)26-14-7-15-27-17-8-2-4-12-21(17)31-22-13-5-3-9-18(22)27/h2-5,8-9,12-13H,6-7,10-11,14-15H2,1H3,(H,26,29). The van der Waals surface area contributed by atoms with Crippen molar-refractivity contribution in [2.24, 2.45) is 0 Å². The topological polar surface area (TPSA) is 62.6 Å². The highest BCUT2D eigenvalue weighted by Crippen LogP contribution is 2.47. The second-order valence-corrected chi connectivity index (χ2v) is 9.01. The molecule has 3 aromatic rings. The molecule has 6 heteroatoms. The van der Waals surface area contributed by atoms with E-state index in [2.05, 4.69) is 58.7 Å². The third-order valence-electron chi connectivity index (χ3n) is 5.89. The van der Waals surface area contributed by atoms with E-state index in [0.29, 0.717) is 29.9 Å². The van der Waals surface area contributed by atoms with Crippen LogP contribution in [0.5, 0.6) is 0 Å². The molecule has 2 heterocycles. The van der Waals surface area contributed by atoms with E-state index in [0.717, 1.165) is 25.8 Å². The van der Waals surface area contributed by atoms with Crippen molar-refractivity contribution in [2.75, 3.05) is 18.0 Å². The molecular formula is C25H24N2O3S. The molecule has 2 aromatic carbocycles. The Kier molecular flexibility index (Phi) is 5.32. The number of rotatable bonds is 5. The highest BCUT2D eigenvalue weighted by Gasteiger charge is 2.28. The maximum absolute atomic E-state index is 12.7. The summed E-state index contributed by atoms with van der Waals surface area (Å²) < 4.78 is 5.76. The van der Waals surface area contributed by atoms with Gasteiger partial charge in [0.1, 0.15) is 5.76 Å². The molecule has 0 spiro atoms. The number of nitrogens with zero attached hydrogens (tertiary/aromatic N) is 1. The molecule has 1 aliphatic heterocycles. The molecule has 2 aliphatic rings. The Morgan fingerprint density at radius 1 is 1.06 bits per heavy atom. The zero-order valence-corrected chi connectivity index (χ0v) is 18.3. The quantitative estimate of drug-likeness (QED) is 0.537. The Morgan fingerprint density at radius 2 is 1.74 bits per heavy atom. The second-order valence-electron chi connectivity index (χ2n) is 7.93. The number of para-hydroxylation sites is 2. The Labute approximate surface area is 185 Å². The zero-order chi connectivity index (χ0) is 21.4. The van der Waals surface area contributed by atoms with Gasteiger partial charge in [-0.05, 0) is 44.0 Å². The summed E-state index contributed by atoms with van der Waals surface area (Å²) in [4.78, 5) is 29.7. The van der Waals surface area contributed by atoms with Crippen molar-refractivity contribution in [2.45, 2.75) is 42.4 Å². The molecule has 5 nitrogen and oxygen atoms in total. The summed E-state index contributed by atoms with van der Waals surface area (Å²) in [6, 6.07) is 16.8. The van der Waals surface area contributed by atoms with Crippen LogP contribution in [0.25, 0.3) is 0 Å². The van der Waals surface area contributed by atoms with Crippen LogP contribution in [0.2, 0.25) is 0 Å². The smallest absolute Gasteiger partial charge is 0.287 e. The lowest BCUT2D eigenvalue weighted by Gasteiger charge is -2.32. The summed E-state index contributed by atoms with van der Waals surface area (Å²) in [6.45, 7) is 3.13. The Morgan fingerprint density at radius 3 is 2.42 bits per heavy atom. The lowest BCUT2D eigenvalue weighted by molar-refractivity contribution is 0.0919. The van der Waals surface area contributed by atoms with E-state index in [4.69, 9.17) is 4.42 Å². The molecule has 1 amide bonds. The summed E-state index contributed by atoms with van der Waals surface area (Å²) in [6.07, 6.45) is 2.83. The van der Waals surface area contributed by atoms with Gasteiger partial charge in [0.2, 0.25) is 0 Å². The first-order valence-electron chi connectivity index (χ1n) is 10.7. The van der Waals surface area contributed by atoms with E-state index in [1.54, 1.807) is 18.7 Å². The van der Waals surface area contributed by atoms with E-state index in [-0.39, 0.29) is 17.5 Å². The first-order chi connectivity index (χ1) is 15.1. The average molecular weight is 433 g/mol. The Balaban J connectivity index is 1.26. The molecule has 0 radical (unpaired) electrons. The number of anilines is 2. The zero-order valence-electron chi connectivity index (χ0n) is 17.4. The minimum atomic E-state index is -0.241. The van der Waals surface area contributed by atoms with Crippen LogP contribution in [0.4, 0.5) is 11.4 Å². The summed E-state index contributed by atoms with van der Waals surface area (Å²) in [5, 5.41) is 2.98. The molecule has 1 aromatic heterocycles. The van der Waals surface area contributed by atoms with Gasteiger partial charge in [-0.2, -0.15) is 0 Å². The van der Waals surface area contributed by atoms with Crippen LogP contribution in [-0.2, 0) is 6.42 Å². The van der Waals surface area contributed by atoms with Crippen molar-refractivity contribution < 1.29 is 14.0 Å². The SMILES string of the molecule is Cc1c(C(=O)NCCCN2c3ccccc3Sc3ccccc32)oc2c1C(=O)CCC2. The molecular weight excluding hydrogens is 408 g/mol. The van der Waals surface area contributed by atoms with Gasteiger partial charge in [0.25, 0.3) is 5.91 Å². The largest absolute Gasteiger partial charge is 0.455 e. The van der Waals surface area contributed by atoms with Crippen molar-refractivity contribution in [3.63, 3.8) is 0 Å². The van der Waals surface area contributed by atoms with Gasteiger partial charge in [-0.15, -0.1) is 0 Å². The van der Waals surface area contributed by atoms with Gasteiger partial charge >= 0.3 is 0 Å². The number of benzene rings is 2. The highest BCUT2D eigenvalue weighted by molar-refractivity contribution is 7.99. The van der Waals surface area contributed by atoms with Crippen molar-refractivity contribution in [1.82, 2.24) is 5.32 Å². The molecule has 0 atom stereocenters. The van der Waals surface area contributed by atoms with Crippen LogP contribution >= 0.6 is 11.8 Å².